The summed E-state index contributed by atoms with van der Waals surface area (Å²) in [5.74, 6) is 0.555. The third-order valence-corrected chi connectivity index (χ3v) is 7.76. The molecule has 1 aromatic heterocycles. The van der Waals surface area contributed by atoms with Gasteiger partial charge in [-0.25, -0.2) is 21.9 Å². The second-order valence-corrected chi connectivity index (χ2v) is 10.2. The predicted molar refractivity (Wildman–Crippen MR) is 106 cm³/mol. The molecule has 1 aliphatic carbocycles. The zero-order valence-electron chi connectivity index (χ0n) is 15.5. The molecular formula is C17H18F2N6O2S2. The number of nitrogens with one attached hydrogen (secondary N) is 1. The summed E-state index contributed by atoms with van der Waals surface area (Å²) in [6.45, 7) is 3.17. The number of fused-ring (bicyclic) bond motifs is 3. The van der Waals surface area contributed by atoms with E-state index >= 15 is 0 Å². The summed E-state index contributed by atoms with van der Waals surface area (Å²) < 4.78 is 54.5. The van der Waals surface area contributed by atoms with Crippen LogP contribution in [0.25, 0.3) is 0 Å². The van der Waals surface area contributed by atoms with Crippen LogP contribution >= 0.6 is 11.3 Å². The van der Waals surface area contributed by atoms with Gasteiger partial charge in [-0.15, -0.1) is 10.2 Å². The van der Waals surface area contributed by atoms with Crippen LogP contribution in [0.1, 0.15) is 37.6 Å². The fourth-order valence-electron chi connectivity index (χ4n) is 3.46. The molecule has 3 heterocycles. The van der Waals surface area contributed by atoms with E-state index < -0.39 is 22.0 Å². The molecule has 154 valence electrons. The van der Waals surface area contributed by atoms with Gasteiger partial charge < -0.3 is 4.90 Å². The maximum Gasteiger partial charge on any atom is 0.291 e. The molecule has 12 heteroatoms. The second-order valence-electron chi connectivity index (χ2n) is 7.56. The van der Waals surface area contributed by atoms with E-state index in [-0.39, 0.29) is 15.0 Å². The number of hydrogen-bond donors (Lipinski definition) is 1. The lowest BCUT2D eigenvalue weighted by molar-refractivity contribution is 0.150. The highest BCUT2D eigenvalue weighted by atomic mass is 32.2. The molecular weight excluding hydrogens is 422 g/mol. The lowest BCUT2D eigenvalue weighted by atomic mass is 10.2. The molecule has 0 bridgehead atoms. The number of halogens is 2. The molecule has 0 unspecified atom stereocenters. The third-order valence-electron chi connectivity index (χ3n) is 5.21. The lowest BCUT2D eigenvalue weighted by Crippen LogP contribution is -2.39. The van der Waals surface area contributed by atoms with Crippen molar-refractivity contribution in [2.75, 3.05) is 22.9 Å². The minimum absolute atomic E-state index is 0.119. The number of guanidine groups is 1. The van der Waals surface area contributed by atoms with Crippen LogP contribution < -0.4 is 14.5 Å². The molecule has 3 aliphatic rings. The van der Waals surface area contributed by atoms with E-state index in [1.165, 1.54) is 0 Å². The van der Waals surface area contributed by atoms with Crippen LogP contribution in [0.15, 0.2) is 28.1 Å². The Balaban J connectivity index is 1.60. The Morgan fingerprint density at radius 2 is 2.03 bits per heavy atom. The number of nitrogens with zero attached hydrogens (tertiary/aromatic N) is 5. The minimum Gasteiger partial charge on any atom is -0.310 e. The molecule has 0 saturated heterocycles. The van der Waals surface area contributed by atoms with E-state index in [9.17, 15) is 17.2 Å². The molecule has 29 heavy (non-hydrogen) atoms. The summed E-state index contributed by atoms with van der Waals surface area (Å²) >= 11 is 0.772. The van der Waals surface area contributed by atoms with Crippen LogP contribution in [-0.4, -0.2) is 43.2 Å². The smallest absolute Gasteiger partial charge is 0.291 e. The maximum absolute atomic E-state index is 13.0. The number of hydrogen-bond acceptors (Lipinski definition) is 8. The summed E-state index contributed by atoms with van der Waals surface area (Å²) in [4.78, 5) is 8.23. The van der Waals surface area contributed by atoms with E-state index in [2.05, 4.69) is 19.9 Å². The number of benzene rings is 1. The van der Waals surface area contributed by atoms with E-state index in [0.29, 0.717) is 24.7 Å². The van der Waals surface area contributed by atoms with Crippen LogP contribution in [0.4, 0.5) is 25.3 Å². The minimum atomic E-state index is -3.71. The third kappa shape index (κ3) is 3.19. The number of aromatic nitrogens is 2. The highest BCUT2D eigenvalue weighted by Gasteiger charge is 2.42. The summed E-state index contributed by atoms with van der Waals surface area (Å²) in [5, 5.41) is 7.34. The highest BCUT2D eigenvalue weighted by Crippen LogP contribution is 2.45. The van der Waals surface area contributed by atoms with Crippen LogP contribution in [0.3, 0.4) is 0 Å². The SMILES string of the molecule is CC1(NS(=O)(=O)c2ccc3c(c2)N(c2nnc(C(F)F)s2)C2=NCCCN23)CC1. The van der Waals surface area contributed by atoms with Crippen LogP contribution in [0.5, 0.6) is 0 Å². The number of aliphatic imine (C=N–C) groups is 1. The molecule has 1 fully saturated rings. The first kappa shape index (κ1) is 18.8. The lowest BCUT2D eigenvalue weighted by Gasteiger charge is -2.25. The zero-order valence-corrected chi connectivity index (χ0v) is 17.1. The molecule has 0 radical (unpaired) electrons. The number of anilines is 3. The van der Waals surface area contributed by atoms with Crippen LogP contribution in [-0.2, 0) is 10.0 Å². The Morgan fingerprint density at radius 3 is 2.72 bits per heavy atom. The Kier molecular flexibility index (Phi) is 4.16. The van der Waals surface area contributed by atoms with E-state index in [4.69, 9.17) is 0 Å². The highest BCUT2D eigenvalue weighted by molar-refractivity contribution is 7.89. The number of rotatable bonds is 5. The Hall–Kier alpha value is -2.18. The summed E-state index contributed by atoms with van der Waals surface area (Å²) in [6.07, 6.45) is -0.276. The average Bonchev–Trinajstić information content (AvgIpc) is 3.09. The van der Waals surface area contributed by atoms with Gasteiger partial charge in [0.2, 0.25) is 21.1 Å². The van der Waals surface area contributed by atoms with Crippen molar-refractivity contribution >= 4 is 43.8 Å². The maximum atomic E-state index is 13.0. The Bertz CT molecular complexity index is 1110. The molecule has 0 amide bonds. The van der Waals surface area contributed by atoms with E-state index in [0.717, 1.165) is 36.3 Å². The monoisotopic (exact) mass is 440 g/mol. The largest absolute Gasteiger partial charge is 0.310 e. The van der Waals surface area contributed by atoms with Gasteiger partial charge in [0.25, 0.3) is 6.43 Å². The predicted octanol–water partition coefficient (Wildman–Crippen LogP) is 3.02. The van der Waals surface area contributed by atoms with Crippen molar-refractivity contribution in [2.45, 2.75) is 43.0 Å². The van der Waals surface area contributed by atoms with Crippen molar-refractivity contribution in [3.05, 3.63) is 23.2 Å². The Morgan fingerprint density at radius 1 is 1.24 bits per heavy atom. The van der Waals surface area contributed by atoms with Gasteiger partial charge in [-0.2, -0.15) is 0 Å². The summed E-state index contributed by atoms with van der Waals surface area (Å²) in [6, 6.07) is 4.84. The molecule has 2 aromatic rings. The van der Waals surface area contributed by atoms with Crippen molar-refractivity contribution in [2.24, 2.45) is 4.99 Å². The van der Waals surface area contributed by atoms with Crippen molar-refractivity contribution in [3.8, 4) is 0 Å². The first-order chi connectivity index (χ1) is 13.8. The van der Waals surface area contributed by atoms with E-state index in [1.807, 2.05) is 11.8 Å². The normalized spacial score (nSPS) is 19.9. The van der Waals surface area contributed by atoms with Crippen molar-refractivity contribution < 1.29 is 17.2 Å². The number of alkyl halides is 2. The quantitative estimate of drug-likeness (QED) is 0.769. The molecule has 8 nitrogen and oxygen atoms in total. The van der Waals surface area contributed by atoms with Gasteiger partial charge in [-0.3, -0.25) is 9.89 Å². The summed E-state index contributed by atoms with van der Waals surface area (Å²) in [7, 11) is -3.71. The van der Waals surface area contributed by atoms with Gasteiger partial charge in [0.05, 0.1) is 16.3 Å². The molecule has 1 saturated carbocycles. The van der Waals surface area contributed by atoms with Gasteiger partial charge >= 0.3 is 0 Å². The standard InChI is InChI=1S/C17H18F2N6O2S2/c1-17(5-6-17)23-29(26,27)10-3-4-11-12(9-10)25(15-20-7-2-8-24(11)15)16-22-21-14(28-16)13(18)19/h3-4,9,13,23H,2,5-8H2,1H3. The molecule has 0 spiro atoms. The molecule has 1 aromatic carbocycles. The van der Waals surface area contributed by atoms with Gasteiger partial charge in [0, 0.05) is 18.6 Å². The fraction of sp³-hybridized carbons (Fsp3) is 0.471. The van der Waals surface area contributed by atoms with Crippen molar-refractivity contribution in [1.29, 1.82) is 0 Å². The molecule has 5 rings (SSSR count). The first-order valence-corrected chi connectivity index (χ1v) is 11.5. The molecule has 0 atom stereocenters. The van der Waals surface area contributed by atoms with Gasteiger partial charge in [0.15, 0.2) is 5.01 Å². The zero-order chi connectivity index (χ0) is 20.4. The fourth-order valence-corrected chi connectivity index (χ4v) is 5.66. The van der Waals surface area contributed by atoms with Crippen LogP contribution in [0, 0.1) is 0 Å². The first-order valence-electron chi connectivity index (χ1n) is 9.19. The van der Waals surface area contributed by atoms with E-state index in [1.54, 1.807) is 23.1 Å². The van der Waals surface area contributed by atoms with Crippen LogP contribution in [0.2, 0.25) is 0 Å². The van der Waals surface area contributed by atoms with Gasteiger partial charge in [-0.1, -0.05) is 11.3 Å². The topological polar surface area (TPSA) is 90.8 Å². The number of sulfonamides is 1. The second kappa shape index (κ2) is 6.41. The average molecular weight is 441 g/mol. The molecule has 2 aliphatic heterocycles. The van der Waals surface area contributed by atoms with Gasteiger partial charge in [-0.05, 0) is 44.4 Å². The Labute approximate surface area is 170 Å². The van der Waals surface area contributed by atoms with Crippen molar-refractivity contribution in [3.63, 3.8) is 0 Å². The summed E-state index contributed by atoms with van der Waals surface area (Å²) in [5.41, 5.74) is 0.921. The van der Waals surface area contributed by atoms with Crippen molar-refractivity contribution in [1.82, 2.24) is 14.9 Å². The molecule has 1 N–H and O–H groups in total. The van der Waals surface area contributed by atoms with Gasteiger partial charge in [0.1, 0.15) is 0 Å².